The zero-order valence-corrected chi connectivity index (χ0v) is 9.69. The zero-order valence-electron chi connectivity index (χ0n) is 9.69. The lowest BCUT2D eigenvalue weighted by atomic mass is 10.0. The van der Waals surface area contributed by atoms with Gasteiger partial charge in [0.1, 0.15) is 5.75 Å². The third-order valence-electron chi connectivity index (χ3n) is 3.59. The van der Waals surface area contributed by atoms with E-state index >= 15 is 0 Å². The summed E-state index contributed by atoms with van der Waals surface area (Å²) in [5, 5.41) is 11.0. The van der Waals surface area contributed by atoms with Crippen molar-refractivity contribution in [2.45, 2.75) is 31.6 Å². The second-order valence-electron chi connectivity index (χ2n) is 4.83. The van der Waals surface area contributed by atoms with Crippen LogP contribution in [-0.2, 0) is 0 Å². The molecule has 2 aromatic rings. The van der Waals surface area contributed by atoms with E-state index in [2.05, 4.69) is 4.98 Å². The number of nitrogen functional groups attached to an aromatic ring is 1. The van der Waals surface area contributed by atoms with Crippen LogP contribution < -0.4 is 5.73 Å². The number of aromatic hydroxyl groups is 1. The molecule has 0 aliphatic heterocycles. The number of aromatic nitrogens is 1. The van der Waals surface area contributed by atoms with Gasteiger partial charge in [-0.05, 0) is 37.1 Å². The fourth-order valence-corrected chi connectivity index (χ4v) is 2.70. The Kier molecular flexibility index (Phi) is 2.39. The Balaban J connectivity index is 2.13. The van der Waals surface area contributed by atoms with Crippen LogP contribution in [0.25, 0.3) is 10.9 Å². The van der Waals surface area contributed by atoms with Crippen molar-refractivity contribution in [1.82, 2.24) is 4.98 Å². The van der Waals surface area contributed by atoms with Crippen LogP contribution in [0.4, 0.5) is 5.69 Å². The van der Waals surface area contributed by atoms with Gasteiger partial charge in [-0.15, -0.1) is 0 Å². The molecule has 3 N–H and O–H groups in total. The number of pyridine rings is 1. The van der Waals surface area contributed by atoms with Gasteiger partial charge in [0.05, 0.1) is 11.2 Å². The van der Waals surface area contributed by atoms with Crippen LogP contribution in [0.3, 0.4) is 0 Å². The molecule has 3 rings (SSSR count). The highest BCUT2D eigenvalue weighted by molar-refractivity contribution is 5.83. The summed E-state index contributed by atoms with van der Waals surface area (Å²) in [4.78, 5) is 4.59. The van der Waals surface area contributed by atoms with Gasteiger partial charge in [0.15, 0.2) is 0 Å². The summed E-state index contributed by atoms with van der Waals surface area (Å²) >= 11 is 0. The Hall–Kier alpha value is -1.77. The quantitative estimate of drug-likeness (QED) is 0.737. The van der Waals surface area contributed by atoms with Crippen LogP contribution in [0.15, 0.2) is 24.3 Å². The fraction of sp³-hybridized carbons (Fsp3) is 0.357. The van der Waals surface area contributed by atoms with Crippen molar-refractivity contribution >= 4 is 16.6 Å². The number of hydrogen-bond acceptors (Lipinski definition) is 3. The smallest absolute Gasteiger partial charge is 0.138 e. The van der Waals surface area contributed by atoms with Crippen LogP contribution in [0.5, 0.6) is 5.75 Å². The molecule has 1 saturated carbocycles. The molecule has 88 valence electrons. The topological polar surface area (TPSA) is 59.1 Å². The monoisotopic (exact) mass is 228 g/mol. The molecule has 1 aromatic heterocycles. The summed E-state index contributed by atoms with van der Waals surface area (Å²) in [5.74, 6) is 0.743. The molecule has 1 aromatic carbocycles. The third kappa shape index (κ3) is 1.82. The standard InChI is InChI=1S/C14H16N2O/c15-11-5-6-12-10(7-11)8-13(17)14(16-12)9-3-1-2-4-9/h5-9,17H,1-4,15H2. The Morgan fingerprint density at radius 3 is 2.71 bits per heavy atom. The van der Waals surface area contributed by atoms with Gasteiger partial charge in [0, 0.05) is 17.0 Å². The number of fused-ring (bicyclic) bond motifs is 1. The highest BCUT2D eigenvalue weighted by Gasteiger charge is 2.21. The van der Waals surface area contributed by atoms with Gasteiger partial charge in [-0.2, -0.15) is 0 Å². The van der Waals surface area contributed by atoms with Crippen LogP contribution in [0.1, 0.15) is 37.3 Å². The first-order valence-corrected chi connectivity index (χ1v) is 6.13. The largest absolute Gasteiger partial charge is 0.506 e. The molecular formula is C14H16N2O. The molecule has 1 fully saturated rings. The number of benzene rings is 1. The molecule has 0 radical (unpaired) electrons. The second kappa shape index (κ2) is 3.91. The average molecular weight is 228 g/mol. The van der Waals surface area contributed by atoms with Crippen molar-refractivity contribution < 1.29 is 5.11 Å². The minimum atomic E-state index is 0.315. The molecule has 3 nitrogen and oxygen atoms in total. The molecule has 1 heterocycles. The summed E-state index contributed by atoms with van der Waals surface area (Å²) in [6, 6.07) is 7.40. The highest BCUT2D eigenvalue weighted by atomic mass is 16.3. The summed E-state index contributed by atoms with van der Waals surface area (Å²) in [5.41, 5.74) is 8.20. The Labute approximate surface area is 100 Å². The van der Waals surface area contributed by atoms with Crippen LogP contribution >= 0.6 is 0 Å². The number of nitrogens with two attached hydrogens (primary N) is 1. The van der Waals surface area contributed by atoms with E-state index < -0.39 is 0 Å². The molecule has 1 aliphatic carbocycles. The molecule has 0 saturated heterocycles. The number of anilines is 1. The third-order valence-corrected chi connectivity index (χ3v) is 3.59. The van der Waals surface area contributed by atoms with E-state index in [-0.39, 0.29) is 0 Å². The van der Waals surface area contributed by atoms with E-state index in [1.54, 1.807) is 6.07 Å². The molecule has 1 aliphatic rings. The second-order valence-corrected chi connectivity index (χ2v) is 4.83. The lowest BCUT2D eigenvalue weighted by Crippen LogP contribution is -1.98. The van der Waals surface area contributed by atoms with Crippen LogP contribution in [0, 0.1) is 0 Å². The van der Waals surface area contributed by atoms with E-state index in [0.29, 0.717) is 17.4 Å². The Morgan fingerprint density at radius 1 is 1.18 bits per heavy atom. The fourth-order valence-electron chi connectivity index (χ4n) is 2.70. The molecule has 17 heavy (non-hydrogen) atoms. The van der Waals surface area contributed by atoms with Gasteiger partial charge < -0.3 is 10.8 Å². The molecule has 0 amide bonds. The van der Waals surface area contributed by atoms with Gasteiger partial charge in [0.2, 0.25) is 0 Å². The van der Waals surface area contributed by atoms with Gasteiger partial charge >= 0.3 is 0 Å². The predicted molar refractivity (Wildman–Crippen MR) is 69.0 cm³/mol. The summed E-state index contributed by atoms with van der Waals surface area (Å²) in [7, 11) is 0. The first-order valence-electron chi connectivity index (χ1n) is 6.13. The SMILES string of the molecule is Nc1ccc2nc(C3CCCC3)c(O)cc2c1. The van der Waals surface area contributed by atoms with E-state index in [4.69, 9.17) is 5.73 Å². The predicted octanol–water partition coefficient (Wildman–Crippen LogP) is 3.18. The molecule has 3 heteroatoms. The lowest BCUT2D eigenvalue weighted by Gasteiger charge is -2.12. The maximum Gasteiger partial charge on any atom is 0.138 e. The Bertz CT molecular complexity index is 559. The van der Waals surface area contributed by atoms with Crippen molar-refractivity contribution in [2.24, 2.45) is 0 Å². The van der Waals surface area contributed by atoms with E-state index in [9.17, 15) is 5.11 Å². The normalized spacial score (nSPS) is 16.7. The van der Waals surface area contributed by atoms with Gasteiger partial charge in [0.25, 0.3) is 0 Å². The van der Waals surface area contributed by atoms with Crippen LogP contribution in [-0.4, -0.2) is 10.1 Å². The summed E-state index contributed by atoms with van der Waals surface area (Å²) in [6.45, 7) is 0. The minimum absolute atomic E-state index is 0.315. The van der Waals surface area contributed by atoms with Crippen molar-refractivity contribution in [2.75, 3.05) is 5.73 Å². The molecule has 0 unspecified atom stereocenters. The maximum absolute atomic E-state index is 10.1. The zero-order chi connectivity index (χ0) is 11.8. The highest BCUT2D eigenvalue weighted by Crippen LogP contribution is 2.38. The molecular weight excluding hydrogens is 212 g/mol. The average Bonchev–Trinajstić information content (AvgIpc) is 2.81. The van der Waals surface area contributed by atoms with Crippen molar-refractivity contribution in [3.63, 3.8) is 0 Å². The summed E-state index contributed by atoms with van der Waals surface area (Å²) in [6.07, 6.45) is 4.76. The van der Waals surface area contributed by atoms with Crippen molar-refractivity contribution in [1.29, 1.82) is 0 Å². The molecule has 0 spiro atoms. The van der Waals surface area contributed by atoms with Gasteiger partial charge in [-0.25, -0.2) is 4.98 Å². The van der Waals surface area contributed by atoms with Crippen molar-refractivity contribution in [3.8, 4) is 5.75 Å². The molecule has 0 atom stereocenters. The van der Waals surface area contributed by atoms with Crippen LogP contribution in [0.2, 0.25) is 0 Å². The lowest BCUT2D eigenvalue weighted by molar-refractivity contribution is 0.457. The van der Waals surface area contributed by atoms with E-state index in [1.165, 1.54) is 12.8 Å². The number of rotatable bonds is 1. The first kappa shape index (κ1) is 10.4. The molecule has 0 bridgehead atoms. The first-order chi connectivity index (χ1) is 8.24. The van der Waals surface area contributed by atoms with Gasteiger partial charge in [-0.1, -0.05) is 12.8 Å². The maximum atomic E-state index is 10.1. The summed E-state index contributed by atoms with van der Waals surface area (Å²) < 4.78 is 0. The van der Waals surface area contributed by atoms with E-state index in [0.717, 1.165) is 29.4 Å². The number of hydrogen-bond donors (Lipinski definition) is 2. The minimum Gasteiger partial charge on any atom is -0.506 e. The van der Waals surface area contributed by atoms with Crippen molar-refractivity contribution in [3.05, 3.63) is 30.0 Å². The van der Waals surface area contributed by atoms with E-state index in [1.807, 2.05) is 18.2 Å². The van der Waals surface area contributed by atoms with Gasteiger partial charge in [-0.3, -0.25) is 0 Å². The Morgan fingerprint density at radius 2 is 1.94 bits per heavy atom. The number of nitrogens with zero attached hydrogens (tertiary/aromatic N) is 1.